The molecule has 0 saturated carbocycles. The van der Waals surface area contributed by atoms with Gasteiger partial charge in [-0.1, -0.05) is 92.1 Å². The summed E-state index contributed by atoms with van der Waals surface area (Å²) < 4.78 is 0. The molecule has 0 saturated heterocycles. The number of hydrogen-bond donors (Lipinski definition) is 2. The number of benzene rings is 3. The molecular formula is C34H46N2O2. The average molecular weight is 515 g/mol. The number of para-hydroxylation sites is 1. The summed E-state index contributed by atoms with van der Waals surface area (Å²) in [6.07, 6.45) is 2.06. The van der Waals surface area contributed by atoms with Crippen LogP contribution in [0.4, 0.5) is 17.1 Å². The molecule has 1 amide bonds. The highest BCUT2D eigenvalue weighted by atomic mass is 16.3. The van der Waals surface area contributed by atoms with E-state index in [1.165, 1.54) is 0 Å². The maximum absolute atomic E-state index is 13.6. The Morgan fingerprint density at radius 1 is 0.868 bits per heavy atom. The molecule has 0 spiro atoms. The monoisotopic (exact) mass is 514 g/mol. The summed E-state index contributed by atoms with van der Waals surface area (Å²) in [5, 5.41) is 14.5. The van der Waals surface area contributed by atoms with Crippen LogP contribution < -0.4 is 10.2 Å². The van der Waals surface area contributed by atoms with Gasteiger partial charge in [0.2, 0.25) is 5.91 Å². The van der Waals surface area contributed by atoms with E-state index in [1.807, 2.05) is 59.5 Å². The zero-order valence-electron chi connectivity index (χ0n) is 24.6. The molecule has 1 unspecified atom stereocenters. The van der Waals surface area contributed by atoms with Gasteiger partial charge in [0.1, 0.15) is 5.75 Å². The number of nitrogens with one attached hydrogen (secondary N) is 1. The molecule has 1 atom stereocenters. The lowest BCUT2D eigenvalue weighted by Crippen LogP contribution is -2.35. The van der Waals surface area contributed by atoms with Gasteiger partial charge in [-0.05, 0) is 76.3 Å². The van der Waals surface area contributed by atoms with Crippen LogP contribution in [-0.4, -0.2) is 17.6 Å². The van der Waals surface area contributed by atoms with Crippen molar-refractivity contribution in [2.24, 2.45) is 5.92 Å². The average Bonchev–Trinajstić information content (AvgIpc) is 2.86. The number of phenolic OH excluding ortho intramolecular Hbond substituents is 1. The van der Waals surface area contributed by atoms with Crippen molar-refractivity contribution in [3.63, 3.8) is 0 Å². The van der Waals surface area contributed by atoms with E-state index < -0.39 is 0 Å². The highest BCUT2D eigenvalue weighted by Crippen LogP contribution is 2.40. The minimum absolute atomic E-state index is 0.122. The van der Waals surface area contributed by atoms with Crippen LogP contribution in [0.1, 0.15) is 84.9 Å². The third-order valence-corrected chi connectivity index (χ3v) is 7.15. The molecule has 3 aromatic rings. The number of phenols is 1. The Morgan fingerprint density at radius 2 is 1.39 bits per heavy atom. The zero-order valence-corrected chi connectivity index (χ0v) is 24.6. The highest BCUT2D eigenvalue weighted by molar-refractivity contribution is 5.93. The Bertz CT molecular complexity index is 1170. The topological polar surface area (TPSA) is 52.6 Å². The van der Waals surface area contributed by atoms with Gasteiger partial charge in [-0.25, -0.2) is 0 Å². The highest BCUT2D eigenvalue weighted by Gasteiger charge is 2.27. The van der Waals surface area contributed by atoms with Crippen molar-refractivity contribution >= 4 is 23.0 Å². The van der Waals surface area contributed by atoms with Crippen molar-refractivity contribution in [3.8, 4) is 5.75 Å². The molecule has 0 fully saturated rings. The van der Waals surface area contributed by atoms with Gasteiger partial charge in [0.15, 0.2) is 0 Å². The van der Waals surface area contributed by atoms with Crippen molar-refractivity contribution in [3.05, 3.63) is 83.4 Å². The smallest absolute Gasteiger partial charge is 0.227 e. The van der Waals surface area contributed by atoms with Crippen LogP contribution in [0.2, 0.25) is 0 Å². The first-order chi connectivity index (χ1) is 17.8. The molecule has 2 N–H and O–H groups in total. The van der Waals surface area contributed by atoms with Gasteiger partial charge in [0, 0.05) is 30.0 Å². The third-order valence-electron chi connectivity index (χ3n) is 7.15. The summed E-state index contributed by atoms with van der Waals surface area (Å²) in [6.45, 7) is 17.8. The predicted octanol–water partition coefficient (Wildman–Crippen LogP) is 8.74. The molecule has 3 rings (SSSR count). The summed E-state index contributed by atoms with van der Waals surface area (Å²) in [6, 6.07) is 22.4. The number of nitrogens with zero attached hydrogens (tertiary/aromatic N) is 1. The lowest BCUT2D eigenvalue weighted by atomic mass is 9.78. The van der Waals surface area contributed by atoms with E-state index in [2.05, 4.69) is 72.8 Å². The van der Waals surface area contributed by atoms with E-state index in [9.17, 15) is 9.90 Å². The fraction of sp³-hybridized carbons (Fsp3) is 0.441. The molecule has 0 heterocycles. The van der Waals surface area contributed by atoms with E-state index >= 15 is 0 Å². The van der Waals surface area contributed by atoms with E-state index in [0.29, 0.717) is 31.1 Å². The first kappa shape index (κ1) is 29.3. The van der Waals surface area contributed by atoms with Crippen LogP contribution in [0.25, 0.3) is 0 Å². The lowest BCUT2D eigenvalue weighted by Gasteiger charge is -2.29. The SMILES string of the molecule is CCC(C)CN(C(=O)CCc1cc(C(C)(C)C)c(O)c(C(C)(C)C)c1)c1ccc(Nc2ccccc2)cc1. The van der Waals surface area contributed by atoms with Gasteiger partial charge in [-0.2, -0.15) is 0 Å². The standard InChI is InChI=1S/C34H46N2O2/c1-9-24(2)23-36(28-18-16-27(17-19-28)35-26-13-11-10-12-14-26)31(37)20-15-25-21-29(33(3,4)5)32(38)30(22-25)34(6,7)8/h10-14,16-19,21-22,24,35,38H,9,15,20,23H2,1-8H3. The van der Waals surface area contributed by atoms with Gasteiger partial charge < -0.3 is 15.3 Å². The molecule has 0 aliphatic carbocycles. The largest absolute Gasteiger partial charge is 0.507 e. The van der Waals surface area contributed by atoms with Crippen molar-refractivity contribution < 1.29 is 9.90 Å². The molecule has 4 nitrogen and oxygen atoms in total. The van der Waals surface area contributed by atoms with Crippen molar-refractivity contribution in [2.75, 3.05) is 16.8 Å². The maximum atomic E-state index is 13.6. The molecule has 0 aliphatic rings. The second kappa shape index (κ2) is 12.1. The summed E-state index contributed by atoms with van der Waals surface area (Å²) in [5.41, 5.74) is 5.53. The molecule has 0 aliphatic heterocycles. The van der Waals surface area contributed by atoms with Crippen LogP contribution >= 0.6 is 0 Å². The van der Waals surface area contributed by atoms with E-state index in [0.717, 1.165) is 40.2 Å². The summed E-state index contributed by atoms with van der Waals surface area (Å²) in [4.78, 5) is 15.6. The maximum Gasteiger partial charge on any atom is 0.227 e. The molecule has 4 heteroatoms. The van der Waals surface area contributed by atoms with Crippen LogP contribution in [0.15, 0.2) is 66.7 Å². The summed E-state index contributed by atoms with van der Waals surface area (Å²) in [7, 11) is 0. The number of carbonyl (C=O) groups excluding carboxylic acids is 1. The number of rotatable bonds is 9. The number of hydrogen-bond acceptors (Lipinski definition) is 3. The molecule has 0 radical (unpaired) electrons. The Morgan fingerprint density at radius 3 is 1.89 bits per heavy atom. The Balaban J connectivity index is 1.83. The number of amides is 1. The summed E-state index contributed by atoms with van der Waals surface area (Å²) >= 11 is 0. The van der Waals surface area contributed by atoms with E-state index in [-0.39, 0.29) is 16.7 Å². The second-order valence-electron chi connectivity index (χ2n) is 12.6. The van der Waals surface area contributed by atoms with Crippen LogP contribution in [0.5, 0.6) is 5.75 Å². The minimum atomic E-state index is -0.192. The zero-order chi connectivity index (χ0) is 28.1. The molecule has 0 aromatic heterocycles. The van der Waals surface area contributed by atoms with Crippen molar-refractivity contribution in [1.82, 2.24) is 0 Å². The predicted molar refractivity (Wildman–Crippen MR) is 162 cm³/mol. The van der Waals surface area contributed by atoms with Gasteiger partial charge in [-0.3, -0.25) is 4.79 Å². The number of aryl methyl sites for hydroxylation is 1. The molecule has 3 aromatic carbocycles. The fourth-order valence-corrected chi connectivity index (χ4v) is 4.57. The van der Waals surface area contributed by atoms with Crippen molar-refractivity contribution in [2.45, 2.75) is 85.5 Å². The normalized spacial score (nSPS) is 12.7. The second-order valence-corrected chi connectivity index (χ2v) is 12.6. The van der Waals surface area contributed by atoms with Gasteiger partial charge >= 0.3 is 0 Å². The van der Waals surface area contributed by atoms with Crippen LogP contribution in [0.3, 0.4) is 0 Å². The van der Waals surface area contributed by atoms with Crippen LogP contribution in [-0.2, 0) is 22.0 Å². The fourth-order valence-electron chi connectivity index (χ4n) is 4.57. The van der Waals surface area contributed by atoms with Gasteiger partial charge in [0.05, 0.1) is 0 Å². The molecule has 38 heavy (non-hydrogen) atoms. The first-order valence-corrected chi connectivity index (χ1v) is 13.9. The first-order valence-electron chi connectivity index (χ1n) is 13.9. The minimum Gasteiger partial charge on any atom is -0.507 e. The van der Waals surface area contributed by atoms with Crippen LogP contribution in [0, 0.1) is 5.92 Å². The third kappa shape index (κ3) is 7.63. The molecular weight excluding hydrogens is 468 g/mol. The van der Waals surface area contributed by atoms with E-state index in [4.69, 9.17) is 0 Å². The lowest BCUT2D eigenvalue weighted by molar-refractivity contribution is -0.118. The Kier molecular flexibility index (Phi) is 9.30. The Hall–Kier alpha value is -3.27. The summed E-state index contributed by atoms with van der Waals surface area (Å²) in [5.74, 6) is 0.897. The molecule has 204 valence electrons. The quantitative estimate of drug-likeness (QED) is 0.300. The number of aromatic hydroxyl groups is 1. The molecule has 0 bridgehead atoms. The van der Waals surface area contributed by atoms with Gasteiger partial charge in [0.25, 0.3) is 0 Å². The number of anilines is 3. The Labute approximate surface area is 230 Å². The van der Waals surface area contributed by atoms with E-state index in [1.54, 1.807) is 0 Å². The van der Waals surface area contributed by atoms with Crippen molar-refractivity contribution in [1.29, 1.82) is 0 Å². The number of carbonyl (C=O) groups is 1. The van der Waals surface area contributed by atoms with Gasteiger partial charge in [-0.15, -0.1) is 0 Å².